The van der Waals surface area contributed by atoms with Crippen molar-refractivity contribution in [2.45, 2.75) is 63.8 Å². The number of carbonyl (C=O) groups is 2. The Morgan fingerprint density at radius 3 is 2.15 bits per heavy atom. The van der Waals surface area contributed by atoms with Crippen molar-refractivity contribution in [3.05, 3.63) is 130 Å². The third-order valence-corrected chi connectivity index (χ3v) is 11.8. The van der Waals surface area contributed by atoms with E-state index >= 15 is 4.39 Å². The fourth-order valence-electron chi connectivity index (χ4n) is 6.69. The normalized spacial score (nSPS) is 15.4. The lowest BCUT2D eigenvalue weighted by molar-refractivity contribution is -0.146. The van der Waals surface area contributed by atoms with Gasteiger partial charge in [-0.3, -0.25) is 9.59 Å². The smallest absolute Gasteiger partial charge is 0.310 e. The zero-order valence-corrected chi connectivity index (χ0v) is 30.6. The molecule has 1 aliphatic heterocycles. The van der Waals surface area contributed by atoms with E-state index in [2.05, 4.69) is 66.9 Å². The molecule has 5 aromatic rings. The molecule has 7 nitrogen and oxygen atoms in total. The number of carbonyl (C=O) groups excluding carboxylic acids is 1. The predicted molar refractivity (Wildman–Crippen MR) is 205 cm³/mol. The van der Waals surface area contributed by atoms with Gasteiger partial charge in [0.25, 0.3) is 5.91 Å². The van der Waals surface area contributed by atoms with E-state index in [1.807, 2.05) is 47.4 Å². The quantitative estimate of drug-likeness (QED) is 0.142. The zero-order chi connectivity index (χ0) is 36.6. The minimum atomic E-state index is -0.827. The highest BCUT2D eigenvalue weighted by Crippen LogP contribution is 2.37. The van der Waals surface area contributed by atoms with Gasteiger partial charge in [0.15, 0.2) is 5.82 Å². The van der Waals surface area contributed by atoms with Crippen LogP contribution in [-0.4, -0.2) is 51.0 Å². The van der Waals surface area contributed by atoms with Gasteiger partial charge in [0.1, 0.15) is 5.82 Å². The average molecular weight is 715 g/mol. The minimum absolute atomic E-state index is 0.0643. The molecule has 3 heterocycles. The highest BCUT2D eigenvalue weighted by atomic mass is 32.1. The number of carboxylic acids is 1. The lowest BCUT2D eigenvalue weighted by Gasteiger charge is -2.42. The van der Waals surface area contributed by atoms with Crippen LogP contribution in [0.5, 0.6) is 0 Å². The van der Waals surface area contributed by atoms with Crippen LogP contribution in [0.1, 0.15) is 71.6 Å². The summed E-state index contributed by atoms with van der Waals surface area (Å²) in [7, 11) is 0. The van der Waals surface area contributed by atoms with Crippen LogP contribution >= 0.6 is 11.3 Å². The van der Waals surface area contributed by atoms with E-state index in [1.165, 1.54) is 36.2 Å². The molecule has 0 bridgehead atoms. The number of likely N-dealkylation sites (tertiary alicyclic amines) is 1. The van der Waals surface area contributed by atoms with Crippen molar-refractivity contribution in [3.8, 4) is 33.6 Å². The van der Waals surface area contributed by atoms with E-state index < -0.39 is 17.9 Å². The van der Waals surface area contributed by atoms with Crippen LogP contribution in [0.25, 0.3) is 33.6 Å². The van der Waals surface area contributed by atoms with Gasteiger partial charge in [-0.2, -0.15) is 0 Å². The molecule has 0 spiro atoms. The number of aromatic nitrogens is 2. The number of nitrogens with zero attached hydrogens (tertiary/aromatic N) is 3. The number of benzene rings is 3. The molecule has 7 rings (SSSR count). The molecule has 2 aromatic heterocycles. The Morgan fingerprint density at radius 1 is 0.923 bits per heavy atom. The van der Waals surface area contributed by atoms with E-state index in [0.29, 0.717) is 53.0 Å². The van der Waals surface area contributed by atoms with Gasteiger partial charge in [0.2, 0.25) is 0 Å². The summed E-state index contributed by atoms with van der Waals surface area (Å²) in [5.74, 6) is -0.601. The molecule has 3 aromatic carbocycles. The number of nitrogens with one attached hydrogen (secondary N) is 1. The Labute approximate surface area is 308 Å². The number of hydrogen-bond acceptors (Lipinski definition) is 6. The first-order valence-electron chi connectivity index (χ1n) is 17.8. The molecule has 1 amide bonds. The number of amides is 1. The van der Waals surface area contributed by atoms with Crippen molar-refractivity contribution in [3.63, 3.8) is 0 Å². The number of rotatable bonds is 11. The second-order valence-electron chi connectivity index (χ2n) is 15.0. The fourth-order valence-corrected chi connectivity index (χ4v) is 7.66. The van der Waals surface area contributed by atoms with Crippen molar-refractivity contribution in [2.24, 2.45) is 5.92 Å². The van der Waals surface area contributed by atoms with Gasteiger partial charge in [-0.05, 0) is 71.0 Å². The van der Waals surface area contributed by atoms with Crippen molar-refractivity contribution in [1.82, 2.24) is 20.2 Å². The van der Waals surface area contributed by atoms with Gasteiger partial charge in [-0.15, -0.1) is 11.3 Å². The SMILES string of the molecule is C=C([C@H](Cc1ccc(-c2ncc(-c3ccc(-c4ccc(C5CCC5)cc4)cc3F)cn2)cc1)NC(=O)c1ccc(C(C)(C)C)s1)N1CC(C(=O)O)C1. The maximum atomic E-state index is 15.4. The molecule has 2 fully saturated rings. The second-order valence-corrected chi connectivity index (χ2v) is 16.1. The van der Waals surface area contributed by atoms with Gasteiger partial charge in [0, 0.05) is 52.7 Å². The molecule has 1 saturated carbocycles. The summed E-state index contributed by atoms with van der Waals surface area (Å²) in [6.45, 7) is 11.3. The maximum Gasteiger partial charge on any atom is 0.310 e. The molecule has 266 valence electrons. The molecule has 2 N–H and O–H groups in total. The van der Waals surface area contributed by atoms with E-state index in [9.17, 15) is 14.7 Å². The molecular weight excluding hydrogens is 672 g/mol. The van der Waals surface area contributed by atoms with Crippen LogP contribution in [0, 0.1) is 11.7 Å². The Morgan fingerprint density at radius 2 is 1.58 bits per heavy atom. The summed E-state index contributed by atoms with van der Waals surface area (Å²) in [5, 5.41) is 12.6. The summed E-state index contributed by atoms with van der Waals surface area (Å²) in [5.41, 5.74) is 6.61. The lowest BCUT2D eigenvalue weighted by atomic mass is 9.80. The second kappa shape index (κ2) is 14.5. The summed E-state index contributed by atoms with van der Waals surface area (Å²) in [6.07, 6.45) is 7.55. The van der Waals surface area contributed by atoms with E-state index in [1.54, 1.807) is 24.5 Å². The van der Waals surface area contributed by atoms with Gasteiger partial charge < -0.3 is 15.3 Å². The van der Waals surface area contributed by atoms with Crippen LogP contribution < -0.4 is 5.32 Å². The lowest BCUT2D eigenvalue weighted by Crippen LogP contribution is -2.53. The highest BCUT2D eigenvalue weighted by molar-refractivity contribution is 7.14. The largest absolute Gasteiger partial charge is 0.481 e. The van der Waals surface area contributed by atoms with Crippen LogP contribution in [0.2, 0.25) is 0 Å². The molecule has 2 aliphatic rings. The number of aliphatic carboxylic acids is 1. The number of thiophene rings is 1. The molecular formula is C43H43FN4O3S. The fraction of sp³-hybridized carbons (Fsp3) is 0.302. The standard InChI is InChI=1S/C43H43FN4O3S/c1-26(48-24-34(25-48)42(50)51)37(47-41(49)38-18-19-39(52-38)43(2,3)4)20-27-8-10-31(11-9-27)40-45-22-33(23-46-40)35-17-16-32(21-36(35)44)30-14-12-29(13-15-30)28-6-5-7-28/h8-19,21-23,28,34,37H,1,5-7,20,24-25H2,2-4H3,(H,47,49)(H,50,51)/t37-/m0/s1. The molecule has 0 unspecified atom stereocenters. The monoisotopic (exact) mass is 714 g/mol. The molecule has 0 radical (unpaired) electrons. The first kappa shape index (κ1) is 35.3. The summed E-state index contributed by atoms with van der Waals surface area (Å²) in [4.78, 5) is 37.6. The van der Waals surface area contributed by atoms with Crippen molar-refractivity contribution >= 4 is 23.2 Å². The zero-order valence-electron chi connectivity index (χ0n) is 29.7. The summed E-state index contributed by atoms with van der Waals surface area (Å²) < 4.78 is 15.4. The van der Waals surface area contributed by atoms with E-state index in [0.717, 1.165) is 27.1 Å². The van der Waals surface area contributed by atoms with E-state index in [-0.39, 0.29) is 17.1 Å². The molecule has 1 saturated heterocycles. The number of hydrogen-bond donors (Lipinski definition) is 2. The topological polar surface area (TPSA) is 95.4 Å². The van der Waals surface area contributed by atoms with Crippen LogP contribution in [0.3, 0.4) is 0 Å². The Bertz CT molecular complexity index is 2090. The van der Waals surface area contributed by atoms with Crippen molar-refractivity contribution < 1.29 is 19.1 Å². The van der Waals surface area contributed by atoms with Gasteiger partial charge in [-0.25, -0.2) is 14.4 Å². The third kappa shape index (κ3) is 7.55. The molecule has 9 heteroatoms. The van der Waals surface area contributed by atoms with Crippen molar-refractivity contribution in [2.75, 3.05) is 13.1 Å². The molecule has 1 aliphatic carbocycles. The van der Waals surface area contributed by atoms with Crippen LogP contribution in [0.15, 0.2) is 104 Å². The van der Waals surface area contributed by atoms with Crippen LogP contribution in [-0.2, 0) is 16.6 Å². The Kier molecular flexibility index (Phi) is 9.81. The molecule has 1 atom stereocenters. The first-order valence-corrected chi connectivity index (χ1v) is 18.6. The number of halogens is 1. The highest BCUT2D eigenvalue weighted by Gasteiger charge is 2.36. The maximum absolute atomic E-state index is 15.4. The molecule has 52 heavy (non-hydrogen) atoms. The predicted octanol–water partition coefficient (Wildman–Crippen LogP) is 9.11. The van der Waals surface area contributed by atoms with Crippen molar-refractivity contribution in [1.29, 1.82) is 0 Å². The van der Waals surface area contributed by atoms with E-state index in [4.69, 9.17) is 0 Å². The minimum Gasteiger partial charge on any atom is -0.481 e. The van der Waals surface area contributed by atoms with Gasteiger partial charge in [-0.1, -0.05) is 94.4 Å². The first-order chi connectivity index (χ1) is 24.9. The van der Waals surface area contributed by atoms with Gasteiger partial charge in [0.05, 0.1) is 16.8 Å². The third-order valence-electron chi connectivity index (χ3n) is 10.3. The van der Waals surface area contributed by atoms with Gasteiger partial charge >= 0.3 is 5.97 Å². The van der Waals surface area contributed by atoms with Crippen LogP contribution in [0.4, 0.5) is 4.39 Å². The summed E-state index contributed by atoms with van der Waals surface area (Å²) in [6, 6.07) is 25.0. The Balaban J connectivity index is 1.03. The average Bonchev–Trinajstić information content (AvgIpc) is 3.59. The summed E-state index contributed by atoms with van der Waals surface area (Å²) >= 11 is 1.48. The number of carboxylic acid groups (broad SMARTS) is 1. The Hall–Kier alpha value is -5.15.